The number of hydrogen-bond donors (Lipinski definition) is 2. The molecular weight excluding hydrogens is 592 g/mol. The monoisotopic (exact) mass is 620 g/mol. The van der Waals surface area contributed by atoms with E-state index < -0.39 is 22.5 Å². The first-order valence-corrected chi connectivity index (χ1v) is 14.8. The maximum Gasteiger partial charge on any atom is 0.264 e. The maximum atomic E-state index is 13.4. The third-order valence-electron chi connectivity index (χ3n) is 6.04. The fourth-order valence-electron chi connectivity index (χ4n) is 3.84. The molecule has 0 aliphatic rings. The fraction of sp³-hybridized carbons (Fsp3) is 0.129. The van der Waals surface area contributed by atoms with E-state index in [-0.39, 0.29) is 23.1 Å². The van der Waals surface area contributed by atoms with Crippen molar-refractivity contribution >= 4 is 51.0 Å². The van der Waals surface area contributed by atoms with E-state index in [0.29, 0.717) is 27.8 Å². The smallest absolute Gasteiger partial charge is 0.264 e. The number of anilines is 2. The molecule has 0 bridgehead atoms. The summed E-state index contributed by atoms with van der Waals surface area (Å²) in [5.74, 6) is -0.00812. The van der Waals surface area contributed by atoms with Crippen molar-refractivity contribution in [2.75, 3.05) is 29.9 Å². The molecule has 4 aromatic carbocycles. The van der Waals surface area contributed by atoms with Crippen LogP contribution in [0, 0.1) is 6.92 Å². The molecule has 0 fully saturated rings. The Hall–Kier alpha value is -4.87. The lowest BCUT2D eigenvalue weighted by Gasteiger charge is -2.23. The lowest BCUT2D eigenvalue weighted by atomic mass is 10.2. The van der Waals surface area contributed by atoms with E-state index in [2.05, 4.69) is 15.8 Å². The van der Waals surface area contributed by atoms with Crippen LogP contribution in [-0.2, 0) is 19.6 Å². The molecule has 0 spiro atoms. The number of hydrazone groups is 1. The topological polar surface area (TPSA) is 126 Å². The van der Waals surface area contributed by atoms with Crippen molar-refractivity contribution in [2.45, 2.75) is 11.8 Å². The van der Waals surface area contributed by atoms with Crippen LogP contribution in [0.5, 0.6) is 11.5 Å². The number of carbonyl (C=O) groups excluding carboxylic acids is 2. The molecule has 222 valence electrons. The molecular formula is C31H29ClN4O6S. The summed E-state index contributed by atoms with van der Waals surface area (Å²) in [5.41, 5.74) is 4.71. The van der Waals surface area contributed by atoms with E-state index in [1.165, 1.54) is 37.6 Å². The normalized spacial score (nSPS) is 11.1. The highest BCUT2D eigenvalue weighted by atomic mass is 35.5. The minimum Gasteiger partial charge on any atom is -0.495 e. The quantitative estimate of drug-likeness (QED) is 0.169. The molecule has 10 nitrogen and oxygen atoms in total. The van der Waals surface area contributed by atoms with E-state index in [1.54, 1.807) is 72.8 Å². The molecule has 0 unspecified atom stereocenters. The molecule has 4 rings (SSSR count). The molecule has 0 aromatic heterocycles. The van der Waals surface area contributed by atoms with Gasteiger partial charge in [-0.1, -0.05) is 41.4 Å². The highest BCUT2D eigenvalue weighted by Gasteiger charge is 2.27. The number of aryl methyl sites for hydroxylation is 1. The zero-order valence-corrected chi connectivity index (χ0v) is 24.9. The van der Waals surface area contributed by atoms with E-state index in [9.17, 15) is 18.0 Å². The second-order valence-electron chi connectivity index (χ2n) is 9.20. The van der Waals surface area contributed by atoms with Crippen LogP contribution in [0.3, 0.4) is 0 Å². The number of rotatable bonds is 12. The number of methoxy groups -OCH3 is 1. The molecule has 0 saturated heterocycles. The first-order chi connectivity index (χ1) is 20.7. The van der Waals surface area contributed by atoms with Gasteiger partial charge in [0.1, 0.15) is 18.0 Å². The van der Waals surface area contributed by atoms with Gasteiger partial charge in [0, 0.05) is 5.02 Å². The standard InChI is InChI=1S/C31H29ClN4O6S/c1-22-7-17-27(18-8-22)43(39,40)36(25-13-11-24(32)12-14-25)20-30(37)35-33-19-23-9-15-26(16-10-23)42-21-31(38)34-28-5-3-4-6-29(28)41-2/h3-19H,20-21H2,1-2H3,(H,34,38)(H,35,37)/b33-19-. The number of ether oxygens (including phenoxy) is 2. The van der Waals surface area contributed by atoms with Crippen molar-refractivity contribution in [3.05, 3.63) is 113 Å². The Morgan fingerprint density at radius 1 is 0.907 bits per heavy atom. The van der Waals surface area contributed by atoms with Gasteiger partial charge in [-0.2, -0.15) is 5.10 Å². The number of para-hydroxylation sites is 2. The summed E-state index contributed by atoms with van der Waals surface area (Å²) < 4.78 is 38.6. The third-order valence-corrected chi connectivity index (χ3v) is 8.08. The van der Waals surface area contributed by atoms with Gasteiger partial charge in [-0.3, -0.25) is 13.9 Å². The van der Waals surface area contributed by atoms with Crippen LogP contribution in [0.4, 0.5) is 11.4 Å². The number of nitrogens with one attached hydrogen (secondary N) is 2. The predicted molar refractivity (Wildman–Crippen MR) is 166 cm³/mol. The van der Waals surface area contributed by atoms with Crippen molar-refractivity contribution in [3.63, 3.8) is 0 Å². The van der Waals surface area contributed by atoms with Crippen LogP contribution >= 0.6 is 11.6 Å². The minimum atomic E-state index is -4.06. The highest BCUT2D eigenvalue weighted by Crippen LogP contribution is 2.26. The number of benzene rings is 4. The molecule has 12 heteroatoms. The zero-order chi connectivity index (χ0) is 30.8. The molecule has 2 N–H and O–H groups in total. The second-order valence-corrected chi connectivity index (χ2v) is 11.5. The predicted octanol–water partition coefficient (Wildman–Crippen LogP) is 5.02. The molecule has 0 aliphatic heterocycles. The number of carbonyl (C=O) groups is 2. The summed E-state index contributed by atoms with van der Waals surface area (Å²) in [5, 5.41) is 7.11. The van der Waals surface area contributed by atoms with Gasteiger partial charge in [0.15, 0.2) is 6.61 Å². The van der Waals surface area contributed by atoms with E-state index in [0.717, 1.165) is 9.87 Å². The van der Waals surface area contributed by atoms with Crippen molar-refractivity contribution in [3.8, 4) is 11.5 Å². The number of halogens is 1. The van der Waals surface area contributed by atoms with Crippen LogP contribution in [-0.4, -0.2) is 46.7 Å². The van der Waals surface area contributed by atoms with Crippen molar-refractivity contribution in [1.82, 2.24) is 5.43 Å². The average molecular weight is 621 g/mol. The first-order valence-electron chi connectivity index (χ1n) is 13.0. The second kappa shape index (κ2) is 14.3. The SMILES string of the molecule is COc1ccccc1NC(=O)COc1ccc(/C=N\NC(=O)CN(c2ccc(Cl)cc2)S(=O)(=O)c2ccc(C)cc2)cc1. The van der Waals surface area contributed by atoms with E-state index in [1.807, 2.05) is 6.92 Å². The fourth-order valence-corrected chi connectivity index (χ4v) is 5.38. The van der Waals surface area contributed by atoms with Gasteiger partial charge in [-0.05, 0) is 85.3 Å². The number of sulfonamides is 1. The molecule has 0 saturated carbocycles. The lowest BCUT2D eigenvalue weighted by molar-refractivity contribution is -0.119. The minimum absolute atomic E-state index is 0.0453. The molecule has 0 heterocycles. The highest BCUT2D eigenvalue weighted by molar-refractivity contribution is 7.92. The Morgan fingerprint density at radius 2 is 1.58 bits per heavy atom. The van der Waals surface area contributed by atoms with Gasteiger partial charge in [0.25, 0.3) is 21.8 Å². The van der Waals surface area contributed by atoms with Crippen molar-refractivity contribution < 1.29 is 27.5 Å². The summed E-state index contributed by atoms with van der Waals surface area (Å²) >= 11 is 5.98. The Morgan fingerprint density at radius 3 is 2.26 bits per heavy atom. The van der Waals surface area contributed by atoms with Crippen LogP contribution in [0.1, 0.15) is 11.1 Å². The third kappa shape index (κ3) is 8.57. The lowest BCUT2D eigenvalue weighted by Crippen LogP contribution is -2.39. The van der Waals surface area contributed by atoms with Crippen LogP contribution in [0.2, 0.25) is 5.02 Å². The largest absolute Gasteiger partial charge is 0.495 e. The zero-order valence-electron chi connectivity index (χ0n) is 23.4. The summed E-state index contributed by atoms with van der Waals surface area (Å²) in [6.07, 6.45) is 1.40. The van der Waals surface area contributed by atoms with Gasteiger partial charge in [-0.15, -0.1) is 0 Å². The Bertz CT molecular complexity index is 1690. The summed E-state index contributed by atoms with van der Waals surface area (Å²) in [6, 6.07) is 26.2. The summed E-state index contributed by atoms with van der Waals surface area (Å²) in [7, 11) is -2.55. The summed E-state index contributed by atoms with van der Waals surface area (Å²) in [4.78, 5) is 25.1. The van der Waals surface area contributed by atoms with Gasteiger partial charge in [0.05, 0.1) is 29.6 Å². The summed E-state index contributed by atoms with van der Waals surface area (Å²) in [6.45, 7) is 1.12. The van der Waals surface area contributed by atoms with Crippen LogP contribution in [0.25, 0.3) is 0 Å². The first kappa shape index (κ1) is 31.1. The number of amides is 2. The van der Waals surface area contributed by atoms with Crippen molar-refractivity contribution in [2.24, 2.45) is 5.10 Å². The molecule has 4 aromatic rings. The molecule has 0 aliphatic carbocycles. The van der Waals surface area contributed by atoms with Gasteiger partial charge in [0.2, 0.25) is 0 Å². The molecule has 43 heavy (non-hydrogen) atoms. The van der Waals surface area contributed by atoms with Crippen LogP contribution in [0.15, 0.2) is 107 Å². The average Bonchev–Trinajstić information content (AvgIpc) is 3.00. The van der Waals surface area contributed by atoms with E-state index >= 15 is 0 Å². The van der Waals surface area contributed by atoms with Crippen molar-refractivity contribution in [1.29, 1.82) is 0 Å². The van der Waals surface area contributed by atoms with Gasteiger partial charge < -0.3 is 14.8 Å². The maximum absolute atomic E-state index is 13.4. The Balaban J connectivity index is 1.34. The Kier molecular flexibility index (Phi) is 10.4. The van der Waals surface area contributed by atoms with E-state index in [4.69, 9.17) is 21.1 Å². The van der Waals surface area contributed by atoms with Crippen LogP contribution < -0.4 is 24.5 Å². The van der Waals surface area contributed by atoms with Gasteiger partial charge >= 0.3 is 0 Å². The Labute approximate surface area is 254 Å². The number of hydrogen-bond acceptors (Lipinski definition) is 7. The molecule has 0 radical (unpaired) electrons. The number of nitrogens with zero attached hydrogens (tertiary/aromatic N) is 2. The molecule has 0 atom stereocenters. The van der Waals surface area contributed by atoms with Gasteiger partial charge in [-0.25, -0.2) is 13.8 Å². The molecule has 2 amide bonds.